The minimum atomic E-state index is -3.47. The lowest BCUT2D eigenvalue weighted by Gasteiger charge is -2.04. The third-order valence-corrected chi connectivity index (χ3v) is 4.44. The Hall–Kier alpha value is -1.88. The van der Waals surface area contributed by atoms with Crippen LogP contribution >= 0.6 is 11.3 Å². The van der Waals surface area contributed by atoms with Crippen molar-refractivity contribution in [3.63, 3.8) is 0 Å². The van der Waals surface area contributed by atoms with Crippen LogP contribution in [0.2, 0.25) is 0 Å². The summed E-state index contributed by atoms with van der Waals surface area (Å²) in [5.74, 6) is 5.41. The predicted molar refractivity (Wildman–Crippen MR) is 80.7 cm³/mol. The van der Waals surface area contributed by atoms with Crippen LogP contribution in [-0.2, 0) is 15.8 Å². The van der Waals surface area contributed by atoms with Crippen molar-refractivity contribution in [2.45, 2.75) is 5.75 Å². The van der Waals surface area contributed by atoms with Gasteiger partial charge in [0.25, 0.3) is 0 Å². The SMILES string of the molecule is NCC#Cc1cnc(NS(=O)(=O)Cc2ccccc2)s1. The van der Waals surface area contributed by atoms with Gasteiger partial charge >= 0.3 is 0 Å². The number of nitrogens with two attached hydrogens (primary N) is 1. The highest BCUT2D eigenvalue weighted by Crippen LogP contribution is 2.19. The number of nitrogens with one attached hydrogen (secondary N) is 1. The number of aromatic nitrogens is 1. The Kier molecular flexibility index (Phi) is 4.74. The second kappa shape index (κ2) is 6.52. The van der Waals surface area contributed by atoms with Crippen LogP contribution in [0.25, 0.3) is 0 Å². The van der Waals surface area contributed by atoms with Crippen LogP contribution in [0.15, 0.2) is 36.5 Å². The summed E-state index contributed by atoms with van der Waals surface area (Å²) in [5.41, 5.74) is 5.99. The molecule has 1 aromatic carbocycles. The summed E-state index contributed by atoms with van der Waals surface area (Å²) in [7, 11) is -3.47. The molecule has 20 heavy (non-hydrogen) atoms. The maximum Gasteiger partial charge on any atom is 0.238 e. The number of benzene rings is 1. The van der Waals surface area contributed by atoms with E-state index in [1.54, 1.807) is 24.3 Å². The lowest BCUT2D eigenvalue weighted by Crippen LogP contribution is -2.14. The highest BCUT2D eigenvalue weighted by atomic mass is 32.2. The summed E-state index contributed by atoms with van der Waals surface area (Å²) >= 11 is 1.18. The van der Waals surface area contributed by atoms with Crippen LogP contribution < -0.4 is 10.5 Å². The van der Waals surface area contributed by atoms with Gasteiger partial charge in [0.2, 0.25) is 10.0 Å². The number of sulfonamides is 1. The van der Waals surface area contributed by atoms with Gasteiger partial charge in [0, 0.05) is 0 Å². The Balaban J connectivity index is 2.07. The normalized spacial score (nSPS) is 10.7. The highest BCUT2D eigenvalue weighted by Gasteiger charge is 2.13. The Morgan fingerprint density at radius 3 is 2.75 bits per heavy atom. The van der Waals surface area contributed by atoms with Crippen LogP contribution in [0.3, 0.4) is 0 Å². The molecule has 7 heteroatoms. The third-order valence-electron chi connectivity index (χ3n) is 2.26. The van der Waals surface area contributed by atoms with Crippen LogP contribution in [0, 0.1) is 11.8 Å². The molecule has 0 saturated heterocycles. The Labute approximate surface area is 121 Å². The average Bonchev–Trinajstić information content (AvgIpc) is 2.83. The van der Waals surface area contributed by atoms with Crippen molar-refractivity contribution in [3.05, 3.63) is 47.0 Å². The van der Waals surface area contributed by atoms with Crippen molar-refractivity contribution in [1.82, 2.24) is 4.98 Å². The monoisotopic (exact) mass is 307 g/mol. The van der Waals surface area contributed by atoms with Crippen molar-refractivity contribution in [1.29, 1.82) is 0 Å². The van der Waals surface area contributed by atoms with Crippen LogP contribution in [0.5, 0.6) is 0 Å². The zero-order valence-electron chi connectivity index (χ0n) is 10.5. The second-order valence-corrected chi connectivity index (χ2v) is 6.64. The fourth-order valence-corrected chi connectivity index (χ4v) is 3.59. The van der Waals surface area contributed by atoms with Gasteiger partial charge in [-0.1, -0.05) is 53.5 Å². The van der Waals surface area contributed by atoms with Crippen molar-refractivity contribution in [2.75, 3.05) is 11.3 Å². The number of rotatable bonds is 4. The number of nitrogens with zero attached hydrogens (tertiary/aromatic N) is 1. The molecule has 3 N–H and O–H groups in total. The number of anilines is 1. The summed E-state index contributed by atoms with van der Waals surface area (Å²) in [6, 6.07) is 8.97. The molecule has 0 unspecified atom stereocenters. The zero-order chi connectivity index (χ0) is 14.4. The largest absolute Gasteiger partial charge is 0.320 e. The summed E-state index contributed by atoms with van der Waals surface area (Å²) in [6.45, 7) is 0.257. The first-order valence-corrected chi connectivity index (χ1v) is 8.25. The quantitative estimate of drug-likeness (QED) is 0.836. The van der Waals surface area contributed by atoms with Gasteiger partial charge in [-0.25, -0.2) is 13.4 Å². The first-order valence-electron chi connectivity index (χ1n) is 5.78. The molecule has 0 spiro atoms. The standard InChI is InChI=1S/C13H13N3O2S2/c14-8-4-7-12-9-15-13(19-12)16-20(17,18)10-11-5-2-1-3-6-11/h1-3,5-6,9H,8,10,14H2,(H,15,16). The highest BCUT2D eigenvalue weighted by molar-refractivity contribution is 7.92. The summed E-state index contributed by atoms with van der Waals surface area (Å²) in [5, 5.41) is 0.308. The van der Waals surface area contributed by atoms with Gasteiger partial charge in [0.05, 0.1) is 23.4 Å². The minimum absolute atomic E-state index is 0.0861. The molecule has 0 bridgehead atoms. The van der Waals surface area contributed by atoms with Gasteiger partial charge in [0.1, 0.15) is 0 Å². The Morgan fingerprint density at radius 2 is 2.05 bits per heavy atom. The van der Waals surface area contributed by atoms with Gasteiger partial charge in [-0.15, -0.1) is 0 Å². The number of hydrogen-bond donors (Lipinski definition) is 2. The molecule has 5 nitrogen and oxygen atoms in total. The molecule has 0 amide bonds. The maximum absolute atomic E-state index is 12.0. The molecule has 104 valence electrons. The molecule has 0 aliphatic heterocycles. The topological polar surface area (TPSA) is 85.1 Å². The van der Waals surface area contributed by atoms with Crippen LogP contribution in [-0.4, -0.2) is 19.9 Å². The van der Waals surface area contributed by atoms with E-state index >= 15 is 0 Å². The fourth-order valence-electron chi connectivity index (χ4n) is 1.48. The van der Waals surface area contributed by atoms with Gasteiger partial charge in [-0.2, -0.15) is 0 Å². The smallest absolute Gasteiger partial charge is 0.238 e. The van der Waals surface area contributed by atoms with Crippen molar-refractivity contribution in [2.24, 2.45) is 5.73 Å². The first-order chi connectivity index (χ1) is 9.59. The van der Waals surface area contributed by atoms with Crippen LogP contribution in [0.1, 0.15) is 10.4 Å². The Morgan fingerprint density at radius 1 is 1.30 bits per heavy atom. The fraction of sp³-hybridized carbons (Fsp3) is 0.154. The zero-order valence-corrected chi connectivity index (χ0v) is 12.2. The maximum atomic E-state index is 12.0. The molecule has 0 aliphatic carbocycles. The molecule has 0 aliphatic rings. The van der Waals surface area contributed by atoms with E-state index in [9.17, 15) is 8.42 Å². The van der Waals surface area contributed by atoms with Crippen molar-refractivity contribution >= 4 is 26.5 Å². The third kappa shape index (κ3) is 4.35. The molecule has 1 heterocycles. The van der Waals surface area contributed by atoms with Crippen molar-refractivity contribution < 1.29 is 8.42 Å². The molecule has 0 saturated carbocycles. The van der Waals surface area contributed by atoms with Gasteiger partial charge in [-0.3, -0.25) is 4.72 Å². The Bertz CT molecular complexity index is 728. The lowest BCUT2D eigenvalue weighted by atomic mass is 10.2. The molecular weight excluding hydrogens is 294 g/mol. The molecular formula is C13H13N3O2S2. The molecule has 0 fully saturated rings. The lowest BCUT2D eigenvalue weighted by molar-refractivity contribution is 0.600. The summed E-state index contributed by atoms with van der Waals surface area (Å²) in [6.07, 6.45) is 1.52. The molecule has 0 radical (unpaired) electrons. The molecule has 2 aromatic rings. The number of thiazole rings is 1. The average molecular weight is 307 g/mol. The summed E-state index contributed by atoms with van der Waals surface area (Å²) in [4.78, 5) is 4.65. The van der Waals surface area contributed by atoms with E-state index in [0.29, 0.717) is 10.0 Å². The summed E-state index contributed by atoms with van der Waals surface area (Å²) < 4.78 is 26.4. The van der Waals surface area contributed by atoms with E-state index in [2.05, 4.69) is 21.5 Å². The number of hydrogen-bond acceptors (Lipinski definition) is 5. The van der Waals surface area contributed by atoms with E-state index in [4.69, 9.17) is 5.73 Å². The van der Waals surface area contributed by atoms with E-state index in [0.717, 1.165) is 5.56 Å². The molecule has 0 atom stereocenters. The second-order valence-electron chi connectivity index (χ2n) is 3.88. The minimum Gasteiger partial charge on any atom is -0.320 e. The van der Waals surface area contributed by atoms with E-state index < -0.39 is 10.0 Å². The molecule has 2 rings (SSSR count). The van der Waals surface area contributed by atoms with Crippen LogP contribution in [0.4, 0.5) is 5.13 Å². The predicted octanol–water partition coefficient (Wildman–Crippen LogP) is 1.40. The van der Waals surface area contributed by atoms with Gasteiger partial charge in [0.15, 0.2) is 5.13 Å². The van der Waals surface area contributed by atoms with E-state index in [1.807, 2.05) is 6.07 Å². The van der Waals surface area contributed by atoms with E-state index in [1.165, 1.54) is 17.5 Å². The molecule has 1 aromatic heterocycles. The van der Waals surface area contributed by atoms with Gasteiger partial charge in [-0.05, 0) is 5.56 Å². The van der Waals surface area contributed by atoms with Gasteiger partial charge < -0.3 is 5.73 Å². The first kappa shape index (κ1) is 14.5. The van der Waals surface area contributed by atoms with E-state index in [-0.39, 0.29) is 12.3 Å². The van der Waals surface area contributed by atoms with Crippen molar-refractivity contribution in [3.8, 4) is 11.8 Å².